The van der Waals surface area contributed by atoms with Crippen molar-refractivity contribution in [2.75, 3.05) is 12.3 Å². The van der Waals surface area contributed by atoms with Crippen LogP contribution in [0.4, 0.5) is 0 Å². The lowest BCUT2D eigenvalue weighted by Gasteiger charge is -2.21. The van der Waals surface area contributed by atoms with Crippen molar-refractivity contribution < 1.29 is 8.42 Å². The second-order valence-corrected chi connectivity index (χ2v) is 8.81. The molecule has 0 bridgehead atoms. The van der Waals surface area contributed by atoms with E-state index in [0.29, 0.717) is 6.42 Å². The van der Waals surface area contributed by atoms with Gasteiger partial charge in [-0.1, -0.05) is 51.1 Å². The van der Waals surface area contributed by atoms with Gasteiger partial charge in [0.1, 0.15) is 0 Å². The molecule has 20 heavy (non-hydrogen) atoms. The van der Waals surface area contributed by atoms with E-state index in [9.17, 15) is 8.42 Å². The van der Waals surface area contributed by atoms with Gasteiger partial charge >= 0.3 is 0 Å². The molecule has 0 amide bonds. The van der Waals surface area contributed by atoms with Crippen molar-refractivity contribution in [1.82, 2.24) is 4.72 Å². The van der Waals surface area contributed by atoms with E-state index in [0.717, 1.165) is 12.0 Å². The van der Waals surface area contributed by atoms with Crippen molar-refractivity contribution in [2.45, 2.75) is 39.0 Å². The van der Waals surface area contributed by atoms with Crippen LogP contribution in [-0.4, -0.2) is 26.1 Å². The Morgan fingerprint density at radius 2 is 1.80 bits per heavy atom. The molecule has 0 saturated carbocycles. The van der Waals surface area contributed by atoms with Crippen LogP contribution in [0.1, 0.15) is 32.8 Å². The Labute approximate surface area is 127 Å². The Balaban J connectivity index is 2.38. The van der Waals surface area contributed by atoms with Gasteiger partial charge < -0.3 is 0 Å². The molecular weight excluding hydrogens is 294 g/mol. The Bertz CT molecular complexity index is 494. The molecule has 0 saturated heterocycles. The zero-order chi connectivity index (χ0) is 15.2. The predicted molar refractivity (Wildman–Crippen MR) is 85.6 cm³/mol. The summed E-state index contributed by atoms with van der Waals surface area (Å²) in [7, 11) is -3.26. The fourth-order valence-corrected chi connectivity index (χ4v) is 3.66. The lowest BCUT2D eigenvalue weighted by atomic mass is 9.90. The molecule has 1 aromatic rings. The van der Waals surface area contributed by atoms with Crippen molar-refractivity contribution in [3.8, 4) is 0 Å². The molecule has 1 aromatic carbocycles. The molecule has 1 N–H and O–H groups in total. The molecule has 0 radical (unpaired) electrons. The van der Waals surface area contributed by atoms with E-state index < -0.39 is 10.0 Å². The summed E-state index contributed by atoms with van der Waals surface area (Å²) in [4.78, 5) is 0. The van der Waals surface area contributed by atoms with Gasteiger partial charge in [-0.3, -0.25) is 0 Å². The SMILES string of the molecule is CC(C)(C)CC(Cl)CNS(=O)(=O)CCc1ccccc1. The predicted octanol–water partition coefficient (Wildman–Crippen LogP) is 3.19. The van der Waals surface area contributed by atoms with Crippen LogP contribution in [0.5, 0.6) is 0 Å². The molecular formula is C15H24ClNO2S. The lowest BCUT2D eigenvalue weighted by molar-refractivity contribution is 0.369. The highest BCUT2D eigenvalue weighted by molar-refractivity contribution is 7.89. The average molecular weight is 318 g/mol. The number of hydrogen-bond donors (Lipinski definition) is 1. The summed E-state index contributed by atoms with van der Waals surface area (Å²) in [5.41, 5.74) is 1.12. The van der Waals surface area contributed by atoms with E-state index in [1.54, 1.807) is 0 Å². The third-order valence-electron chi connectivity index (χ3n) is 2.86. The minimum Gasteiger partial charge on any atom is -0.214 e. The molecule has 0 aliphatic carbocycles. The minimum absolute atomic E-state index is 0.0934. The van der Waals surface area contributed by atoms with Crippen molar-refractivity contribution in [1.29, 1.82) is 0 Å². The topological polar surface area (TPSA) is 46.2 Å². The Kier molecular flexibility index (Phi) is 6.49. The molecule has 0 aliphatic rings. The first-order valence-electron chi connectivity index (χ1n) is 6.83. The number of aryl methyl sites for hydroxylation is 1. The molecule has 5 heteroatoms. The van der Waals surface area contributed by atoms with Gasteiger partial charge in [0, 0.05) is 11.9 Å². The molecule has 1 unspecified atom stereocenters. The van der Waals surface area contributed by atoms with Crippen LogP contribution in [0.2, 0.25) is 0 Å². The Morgan fingerprint density at radius 1 is 1.20 bits per heavy atom. The normalized spacial score (nSPS) is 14.2. The molecule has 1 rings (SSSR count). The second-order valence-electron chi connectivity index (χ2n) is 6.26. The lowest BCUT2D eigenvalue weighted by Crippen LogP contribution is -2.33. The summed E-state index contributed by atoms with van der Waals surface area (Å²) >= 11 is 6.16. The quantitative estimate of drug-likeness (QED) is 0.785. The van der Waals surface area contributed by atoms with E-state index >= 15 is 0 Å². The third-order valence-corrected chi connectivity index (χ3v) is 4.52. The highest BCUT2D eigenvalue weighted by Crippen LogP contribution is 2.23. The maximum atomic E-state index is 11.9. The van der Waals surface area contributed by atoms with Gasteiger partial charge in [0.25, 0.3) is 0 Å². The molecule has 0 spiro atoms. The van der Waals surface area contributed by atoms with E-state index in [1.165, 1.54) is 0 Å². The molecule has 0 aromatic heterocycles. The van der Waals surface area contributed by atoms with Crippen molar-refractivity contribution in [3.63, 3.8) is 0 Å². The Morgan fingerprint density at radius 3 is 2.35 bits per heavy atom. The first-order valence-corrected chi connectivity index (χ1v) is 8.92. The number of alkyl halides is 1. The van der Waals surface area contributed by atoms with E-state index in [-0.39, 0.29) is 23.1 Å². The molecule has 0 fully saturated rings. The van der Waals surface area contributed by atoms with Gasteiger partial charge in [0.05, 0.1) is 5.75 Å². The average Bonchev–Trinajstić information content (AvgIpc) is 2.34. The van der Waals surface area contributed by atoms with Gasteiger partial charge in [-0.05, 0) is 23.8 Å². The van der Waals surface area contributed by atoms with Crippen molar-refractivity contribution in [2.24, 2.45) is 5.41 Å². The maximum absolute atomic E-state index is 11.9. The monoisotopic (exact) mass is 317 g/mol. The number of benzene rings is 1. The zero-order valence-electron chi connectivity index (χ0n) is 12.4. The number of hydrogen-bond acceptors (Lipinski definition) is 2. The van der Waals surface area contributed by atoms with Crippen LogP contribution in [-0.2, 0) is 16.4 Å². The summed E-state index contributed by atoms with van der Waals surface area (Å²) in [5, 5.41) is -0.179. The number of halogens is 1. The largest absolute Gasteiger partial charge is 0.214 e. The van der Waals surface area contributed by atoms with Crippen LogP contribution in [0.15, 0.2) is 30.3 Å². The Hall–Kier alpha value is -0.580. The summed E-state index contributed by atoms with van der Waals surface area (Å²) in [6.07, 6.45) is 1.29. The fraction of sp³-hybridized carbons (Fsp3) is 0.600. The standard InChI is InChI=1S/C15H24ClNO2S/c1-15(2,3)11-14(16)12-17-20(18,19)10-9-13-7-5-4-6-8-13/h4-8,14,17H,9-12H2,1-3H3. The van der Waals surface area contributed by atoms with Crippen LogP contribution < -0.4 is 4.72 Å². The maximum Gasteiger partial charge on any atom is 0.211 e. The molecule has 114 valence electrons. The second kappa shape index (κ2) is 7.43. The fourth-order valence-electron chi connectivity index (χ4n) is 1.92. The zero-order valence-corrected chi connectivity index (χ0v) is 14.0. The molecule has 3 nitrogen and oxygen atoms in total. The highest BCUT2D eigenvalue weighted by Gasteiger charge is 2.19. The van der Waals surface area contributed by atoms with Crippen molar-refractivity contribution in [3.05, 3.63) is 35.9 Å². The number of rotatable bonds is 7. The van der Waals surface area contributed by atoms with Gasteiger partial charge in [0.15, 0.2) is 0 Å². The summed E-state index contributed by atoms with van der Waals surface area (Å²) < 4.78 is 26.4. The highest BCUT2D eigenvalue weighted by atomic mass is 35.5. The first-order chi connectivity index (χ1) is 9.18. The van der Waals surface area contributed by atoms with Crippen LogP contribution in [0.25, 0.3) is 0 Å². The number of sulfonamides is 1. The molecule has 1 atom stereocenters. The summed E-state index contributed by atoms with van der Waals surface area (Å²) in [6.45, 7) is 6.56. The summed E-state index contributed by atoms with van der Waals surface area (Å²) in [5.74, 6) is 0.0934. The number of nitrogens with one attached hydrogen (secondary N) is 1. The third kappa shape index (κ3) is 7.88. The minimum atomic E-state index is -3.26. The summed E-state index contributed by atoms with van der Waals surface area (Å²) in [6, 6.07) is 9.60. The van der Waals surface area contributed by atoms with Crippen LogP contribution in [0, 0.1) is 5.41 Å². The van der Waals surface area contributed by atoms with E-state index in [4.69, 9.17) is 11.6 Å². The van der Waals surface area contributed by atoms with E-state index in [1.807, 2.05) is 30.3 Å². The van der Waals surface area contributed by atoms with Gasteiger partial charge in [-0.15, -0.1) is 11.6 Å². The smallest absolute Gasteiger partial charge is 0.211 e. The van der Waals surface area contributed by atoms with Crippen LogP contribution >= 0.6 is 11.6 Å². The van der Waals surface area contributed by atoms with Gasteiger partial charge in [-0.2, -0.15) is 0 Å². The first kappa shape index (κ1) is 17.5. The molecule has 0 aliphatic heterocycles. The van der Waals surface area contributed by atoms with Crippen LogP contribution in [0.3, 0.4) is 0 Å². The molecule has 0 heterocycles. The van der Waals surface area contributed by atoms with Gasteiger partial charge in [-0.25, -0.2) is 13.1 Å². The van der Waals surface area contributed by atoms with E-state index in [2.05, 4.69) is 25.5 Å². The van der Waals surface area contributed by atoms with Gasteiger partial charge in [0.2, 0.25) is 10.0 Å². The van der Waals surface area contributed by atoms with Crippen molar-refractivity contribution >= 4 is 21.6 Å².